The quantitative estimate of drug-likeness (QED) is 0.405. The maximum absolute atomic E-state index is 11.9. The number of ether oxygens (including phenoxy) is 1. The molecule has 7 heteroatoms. The van der Waals surface area contributed by atoms with Crippen LogP contribution < -0.4 is 10.2 Å². The number of nitro benzene ring substituents is 1. The molecule has 0 bridgehead atoms. The van der Waals surface area contributed by atoms with Crippen LogP contribution in [0.2, 0.25) is 0 Å². The molecule has 0 heterocycles. The summed E-state index contributed by atoms with van der Waals surface area (Å²) < 4.78 is 5.11. The number of nitro groups is 1. The molecule has 0 unspecified atom stereocenters. The van der Waals surface area contributed by atoms with Gasteiger partial charge in [0.05, 0.1) is 4.92 Å². The molecule has 1 aromatic carbocycles. The number of benzene rings is 2. The minimum absolute atomic E-state index is 0.00148. The summed E-state index contributed by atoms with van der Waals surface area (Å²) in [6.07, 6.45) is 4.56. The van der Waals surface area contributed by atoms with Crippen LogP contribution in [0.1, 0.15) is 26.3 Å². The highest BCUT2D eigenvalue weighted by molar-refractivity contribution is 5.91. The second-order valence-electron chi connectivity index (χ2n) is 7.39. The van der Waals surface area contributed by atoms with Crippen molar-refractivity contribution < 1.29 is 14.5 Å². The van der Waals surface area contributed by atoms with Crippen LogP contribution in [-0.2, 0) is 4.74 Å². The zero-order valence-electron chi connectivity index (χ0n) is 16.6. The van der Waals surface area contributed by atoms with Gasteiger partial charge in [0.2, 0.25) is 0 Å². The summed E-state index contributed by atoms with van der Waals surface area (Å²) in [5.41, 5.74) is 2.52. The number of hydrogen-bond donors (Lipinski definition) is 1. The first-order valence-corrected chi connectivity index (χ1v) is 8.58. The predicted octanol–water partition coefficient (Wildman–Crippen LogP) is 4.66. The number of hydrogen-bond acceptors (Lipinski definition) is 5. The molecule has 1 aromatic rings. The minimum Gasteiger partial charge on any atom is -0.444 e. The lowest BCUT2D eigenvalue weighted by atomic mass is 9.95. The average molecular weight is 381 g/mol. The minimum atomic E-state index is -0.783. The molecule has 0 aromatic heterocycles. The SMILES string of the molecule is C#Cc1cc(N(C)C)cc(NC(=O)OC(C)(C)C)c1[N+](=O)[O-].c1cc2ccc1-2. The highest BCUT2D eigenvalue weighted by Crippen LogP contribution is 2.33. The third kappa shape index (κ3) is 5.01. The van der Waals surface area contributed by atoms with Gasteiger partial charge in [-0.25, -0.2) is 4.79 Å². The molecule has 146 valence electrons. The first-order valence-electron chi connectivity index (χ1n) is 8.58. The summed E-state index contributed by atoms with van der Waals surface area (Å²) in [5, 5.41) is 13.6. The van der Waals surface area contributed by atoms with E-state index in [0.717, 1.165) is 0 Å². The summed E-state index contributed by atoms with van der Waals surface area (Å²) in [6.45, 7) is 5.10. The van der Waals surface area contributed by atoms with E-state index in [-0.39, 0.29) is 16.9 Å². The molecule has 2 aliphatic carbocycles. The second-order valence-corrected chi connectivity index (χ2v) is 7.39. The van der Waals surface area contributed by atoms with E-state index in [0.29, 0.717) is 5.69 Å². The summed E-state index contributed by atoms with van der Waals surface area (Å²) in [7, 11) is 3.53. The van der Waals surface area contributed by atoms with Crippen LogP contribution in [0, 0.1) is 22.5 Å². The van der Waals surface area contributed by atoms with Gasteiger partial charge >= 0.3 is 11.8 Å². The third-order valence-corrected chi connectivity index (χ3v) is 3.80. The summed E-state index contributed by atoms with van der Waals surface area (Å²) in [4.78, 5) is 24.2. The first-order chi connectivity index (χ1) is 13.0. The van der Waals surface area contributed by atoms with Gasteiger partial charge in [0.1, 0.15) is 16.9 Å². The molecule has 3 rings (SSSR count). The smallest absolute Gasteiger partial charge is 0.412 e. The van der Waals surface area contributed by atoms with Crippen molar-refractivity contribution in [2.24, 2.45) is 0 Å². The molecule has 0 atom stereocenters. The molecule has 28 heavy (non-hydrogen) atoms. The van der Waals surface area contributed by atoms with E-state index in [1.54, 1.807) is 39.8 Å². The number of nitrogens with one attached hydrogen (secondary N) is 1. The maximum atomic E-state index is 11.9. The van der Waals surface area contributed by atoms with Gasteiger partial charge in [0.15, 0.2) is 0 Å². The van der Waals surface area contributed by atoms with Gasteiger partial charge < -0.3 is 9.64 Å². The Hall–Kier alpha value is -3.53. The Kier molecular flexibility index (Phi) is 5.94. The van der Waals surface area contributed by atoms with Crippen LogP contribution in [-0.4, -0.2) is 30.7 Å². The van der Waals surface area contributed by atoms with E-state index in [2.05, 4.69) is 35.5 Å². The Morgan fingerprint density at radius 2 is 1.71 bits per heavy atom. The summed E-state index contributed by atoms with van der Waals surface area (Å²) in [5.74, 6) is 2.27. The molecule has 1 N–H and O–H groups in total. The molecule has 0 saturated carbocycles. The lowest BCUT2D eigenvalue weighted by molar-refractivity contribution is -0.384. The number of amides is 1. The van der Waals surface area contributed by atoms with Gasteiger partial charge in [-0.05, 0) is 44.0 Å². The van der Waals surface area contributed by atoms with Crippen LogP contribution in [0.5, 0.6) is 0 Å². The predicted molar refractivity (Wildman–Crippen MR) is 111 cm³/mol. The van der Waals surface area contributed by atoms with Gasteiger partial charge in [0, 0.05) is 19.8 Å². The number of rotatable bonds is 3. The van der Waals surface area contributed by atoms with Crippen molar-refractivity contribution in [2.45, 2.75) is 26.4 Å². The number of fused-ring (bicyclic) bond motifs is 1. The van der Waals surface area contributed by atoms with Gasteiger partial charge in [-0.3, -0.25) is 15.4 Å². The van der Waals surface area contributed by atoms with Crippen molar-refractivity contribution >= 4 is 23.2 Å². The van der Waals surface area contributed by atoms with E-state index < -0.39 is 16.6 Å². The van der Waals surface area contributed by atoms with Crippen LogP contribution in [0.25, 0.3) is 11.1 Å². The molecule has 2 aliphatic rings. The van der Waals surface area contributed by atoms with Crippen molar-refractivity contribution in [1.82, 2.24) is 0 Å². The van der Waals surface area contributed by atoms with E-state index in [1.165, 1.54) is 23.3 Å². The number of carbonyl (C=O) groups is 1. The van der Waals surface area contributed by atoms with Crippen molar-refractivity contribution in [2.75, 3.05) is 24.3 Å². The summed E-state index contributed by atoms with van der Waals surface area (Å²) in [6, 6.07) is 11.5. The highest BCUT2D eigenvalue weighted by Gasteiger charge is 2.24. The zero-order valence-corrected chi connectivity index (χ0v) is 16.6. The lowest BCUT2D eigenvalue weighted by Crippen LogP contribution is -2.27. The van der Waals surface area contributed by atoms with Crippen molar-refractivity contribution in [1.29, 1.82) is 0 Å². The molecule has 0 saturated heterocycles. The van der Waals surface area contributed by atoms with Gasteiger partial charge in [-0.15, -0.1) is 6.42 Å². The second kappa shape index (κ2) is 8.01. The van der Waals surface area contributed by atoms with Crippen LogP contribution >= 0.6 is 0 Å². The Labute approximate surface area is 164 Å². The fraction of sp³-hybridized carbons (Fsp3) is 0.286. The van der Waals surface area contributed by atoms with Gasteiger partial charge in [-0.1, -0.05) is 30.2 Å². The Morgan fingerprint density at radius 1 is 1.18 bits per heavy atom. The molecular formula is C21H23N3O4. The van der Waals surface area contributed by atoms with E-state index >= 15 is 0 Å². The highest BCUT2D eigenvalue weighted by atomic mass is 16.6. The van der Waals surface area contributed by atoms with E-state index in [4.69, 9.17) is 11.2 Å². The Bertz CT molecular complexity index is 915. The van der Waals surface area contributed by atoms with Crippen LogP contribution in [0.3, 0.4) is 0 Å². The fourth-order valence-corrected chi connectivity index (χ4v) is 2.36. The van der Waals surface area contributed by atoms with Gasteiger partial charge in [-0.2, -0.15) is 0 Å². The fourth-order valence-electron chi connectivity index (χ4n) is 2.36. The normalized spacial score (nSPS) is 10.7. The molecule has 0 aliphatic heterocycles. The number of nitrogens with zero attached hydrogens (tertiary/aromatic N) is 2. The van der Waals surface area contributed by atoms with Crippen molar-refractivity contribution in [3.63, 3.8) is 0 Å². The first kappa shape index (κ1) is 20.8. The van der Waals surface area contributed by atoms with Crippen molar-refractivity contribution in [3.05, 3.63) is 52.1 Å². The molecule has 0 radical (unpaired) electrons. The molecule has 7 nitrogen and oxygen atoms in total. The number of anilines is 2. The van der Waals surface area contributed by atoms with Crippen LogP contribution in [0.15, 0.2) is 36.4 Å². The van der Waals surface area contributed by atoms with E-state index in [9.17, 15) is 14.9 Å². The topological polar surface area (TPSA) is 84.7 Å². The molecule has 0 fully saturated rings. The number of carbonyl (C=O) groups excluding carboxylic acids is 1. The van der Waals surface area contributed by atoms with Crippen LogP contribution in [0.4, 0.5) is 21.9 Å². The van der Waals surface area contributed by atoms with Crippen molar-refractivity contribution in [3.8, 4) is 23.5 Å². The Morgan fingerprint density at radius 3 is 2.04 bits per heavy atom. The number of terminal acetylenes is 1. The summed E-state index contributed by atoms with van der Waals surface area (Å²) >= 11 is 0. The average Bonchev–Trinajstić information content (AvgIpc) is 2.55. The molecule has 1 amide bonds. The largest absolute Gasteiger partial charge is 0.444 e. The maximum Gasteiger partial charge on any atom is 0.412 e. The molecule has 0 spiro atoms. The molecular weight excluding hydrogens is 358 g/mol. The van der Waals surface area contributed by atoms with Gasteiger partial charge in [0.25, 0.3) is 0 Å². The Balaban J connectivity index is 0.000000385. The zero-order chi connectivity index (χ0) is 21.1. The lowest BCUT2D eigenvalue weighted by Gasteiger charge is -2.20. The third-order valence-electron chi connectivity index (χ3n) is 3.80. The monoisotopic (exact) mass is 381 g/mol. The van der Waals surface area contributed by atoms with E-state index in [1.807, 2.05) is 0 Å². The standard InChI is InChI=1S/C15H19N3O4.C6H4/c1-7-10-8-11(17(5)6)9-12(13(10)18(20)21)16-14(19)22-15(2,3)4;1-2-6-4-3-5(1)6/h1,8-9H,2-6H3,(H,16,19);1-4H.